The molecule has 0 amide bonds. The summed E-state index contributed by atoms with van der Waals surface area (Å²) in [7, 11) is 0. The molecule has 0 radical (unpaired) electrons. The lowest BCUT2D eigenvalue weighted by Crippen LogP contribution is -2.15. The Bertz CT molecular complexity index is 1040. The maximum Gasteiger partial charge on any atom is 0.340 e. The van der Waals surface area contributed by atoms with E-state index in [1.54, 1.807) is 19.1 Å². The van der Waals surface area contributed by atoms with Crippen LogP contribution in [0.15, 0.2) is 53.2 Å². The number of rotatable bonds is 7. The number of aryl methyl sites for hydroxylation is 1. The standard InChI is InChI=1S/C20H15NO5S2/c1-13-6-7-14(10-17(13)21(24)25)18(22)12-26-20(23)16(19-5-3-9-28-19)11-15-4-2-8-27-15/h2-11H,12H2,1H3/b16-11+. The summed E-state index contributed by atoms with van der Waals surface area (Å²) in [5.74, 6) is -1.12. The minimum atomic E-state index is -0.620. The van der Waals surface area contributed by atoms with Crippen molar-refractivity contribution in [1.82, 2.24) is 0 Å². The molecule has 0 aliphatic heterocycles. The Morgan fingerprint density at radius 2 is 1.89 bits per heavy atom. The Labute approximate surface area is 168 Å². The van der Waals surface area contributed by atoms with Crippen molar-refractivity contribution in [3.8, 4) is 0 Å². The van der Waals surface area contributed by atoms with Gasteiger partial charge in [-0.3, -0.25) is 14.9 Å². The lowest BCUT2D eigenvalue weighted by molar-refractivity contribution is -0.385. The van der Waals surface area contributed by atoms with Gasteiger partial charge in [-0.25, -0.2) is 4.79 Å². The van der Waals surface area contributed by atoms with Crippen molar-refractivity contribution in [2.24, 2.45) is 0 Å². The van der Waals surface area contributed by atoms with E-state index in [0.717, 1.165) is 9.75 Å². The fourth-order valence-electron chi connectivity index (χ4n) is 2.45. The molecule has 0 atom stereocenters. The Balaban J connectivity index is 1.75. The molecule has 1 aromatic carbocycles. The lowest BCUT2D eigenvalue weighted by Gasteiger charge is -2.07. The molecule has 2 heterocycles. The van der Waals surface area contributed by atoms with Crippen LogP contribution in [-0.4, -0.2) is 23.3 Å². The summed E-state index contributed by atoms with van der Waals surface area (Å²) in [5, 5.41) is 14.8. The molecule has 3 rings (SSSR count). The zero-order valence-corrected chi connectivity index (χ0v) is 16.4. The lowest BCUT2D eigenvalue weighted by atomic mass is 10.1. The van der Waals surface area contributed by atoms with Crippen LogP contribution in [0.5, 0.6) is 0 Å². The van der Waals surface area contributed by atoms with Crippen LogP contribution in [0.4, 0.5) is 5.69 Å². The maximum absolute atomic E-state index is 12.6. The number of ether oxygens (including phenoxy) is 1. The van der Waals surface area contributed by atoms with Crippen molar-refractivity contribution in [3.63, 3.8) is 0 Å². The third kappa shape index (κ3) is 4.59. The molecular formula is C20H15NO5S2. The first-order valence-corrected chi connectivity index (χ1v) is 9.96. The molecule has 0 unspecified atom stereocenters. The number of benzene rings is 1. The number of nitrogens with zero attached hydrogens (tertiary/aromatic N) is 1. The van der Waals surface area contributed by atoms with Crippen LogP contribution in [0.25, 0.3) is 11.6 Å². The third-order valence-electron chi connectivity index (χ3n) is 3.90. The van der Waals surface area contributed by atoms with Gasteiger partial charge in [0.2, 0.25) is 5.78 Å². The summed E-state index contributed by atoms with van der Waals surface area (Å²) < 4.78 is 5.21. The Morgan fingerprint density at radius 3 is 2.54 bits per heavy atom. The van der Waals surface area contributed by atoms with Gasteiger partial charge in [0.25, 0.3) is 5.69 Å². The molecule has 0 fully saturated rings. The molecule has 0 saturated carbocycles. The van der Waals surface area contributed by atoms with E-state index in [4.69, 9.17) is 4.74 Å². The highest BCUT2D eigenvalue weighted by atomic mass is 32.1. The predicted molar refractivity (Wildman–Crippen MR) is 110 cm³/mol. The first-order valence-electron chi connectivity index (χ1n) is 8.20. The number of carbonyl (C=O) groups is 2. The summed E-state index contributed by atoms with van der Waals surface area (Å²) >= 11 is 2.88. The molecule has 0 aliphatic carbocycles. The molecule has 142 valence electrons. The van der Waals surface area contributed by atoms with E-state index < -0.39 is 23.3 Å². The number of hydrogen-bond acceptors (Lipinski definition) is 7. The number of ketones is 1. The maximum atomic E-state index is 12.6. The topological polar surface area (TPSA) is 86.5 Å². The quantitative estimate of drug-likeness (QED) is 0.179. The van der Waals surface area contributed by atoms with Gasteiger partial charge in [0.1, 0.15) is 0 Å². The molecule has 28 heavy (non-hydrogen) atoms. The molecule has 0 N–H and O–H groups in total. The fraction of sp³-hybridized carbons (Fsp3) is 0.100. The van der Waals surface area contributed by atoms with Crippen LogP contribution in [0.3, 0.4) is 0 Å². The minimum absolute atomic E-state index is 0.130. The molecule has 6 nitrogen and oxygen atoms in total. The molecule has 0 aliphatic rings. The molecule has 0 saturated heterocycles. The number of hydrogen-bond donors (Lipinski definition) is 0. The molecule has 2 aromatic heterocycles. The van der Waals surface area contributed by atoms with Crippen molar-refractivity contribution >= 4 is 51.8 Å². The second-order valence-corrected chi connectivity index (χ2v) is 7.74. The van der Waals surface area contributed by atoms with E-state index in [9.17, 15) is 19.7 Å². The average Bonchev–Trinajstić information content (AvgIpc) is 3.37. The van der Waals surface area contributed by atoms with Crippen LogP contribution in [0, 0.1) is 17.0 Å². The average molecular weight is 413 g/mol. The summed E-state index contributed by atoms with van der Waals surface area (Å²) in [6.07, 6.45) is 1.72. The number of carbonyl (C=O) groups excluding carboxylic acids is 2. The van der Waals surface area contributed by atoms with Gasteiger partial charge >= 0.3 is 5.97 Å². The summed E-state index contributed by atoms with van der Waals surface area (Å²) in [5.41, 5.74) is 0.802. The molecular weight excluding hydrogens is 398 g/mol. The predicted octanol–water partition coefficient (Wildman–Crippen LogP) is 4.99. The van der Waals surface area contributed by atoms with E-state index in [1.807, 2.05) is 29.0 Å². The monoisotopic (exact) mass is 413 g/mol. The van der Waals surface area contributed by atoms with E-state index >= 15 is 0 Å². The van der Waals surface area contributed by atoms with Crippen molar-refractivity contribution in [3.05, 3.63) is 84.2 Å². The highest BCUT2D eigenvalue weighted by molar-refractivity contribution is 7.12. The highest BCUT2D eigenvalue weighted by Crippen LogP contribution is 2.26. The fourth-order valence-corrected chi connectivity index (χ4v) is 3.84. The van der Waals surface area contributed by atoms with Gasteiger partial charge in [0.15, 0.2) is 6.61 Å². The van der Waals surface area contributed by atoms with Crippen molar-refractivity contribution in [2.45, 2.75) is 6.92 Å². The van der Waals surface area contributed by atoms with E-state index in [-0.39, 0.29) is 11.3 Å². The Morgan fingerprint density at radius 1 is 1.14 bits per heavy atom. The van der Waals surface area contributed by atoms with E-state index in [2.05, 4.69) is 0 Å². The van der Waals surface area contributed by atoms with E-state index in [0.29, 0.717) is 11.1 Å². The van der Waals surface area contributed by atoms with Crippen LogP contribution in [-0.2, 0) is 9.53 Å². The Hall–Kier alpha value is -3.10. The summed E-state index contributed by atoms with van der Waals surface area (Å²) in [6, 6.07) is 11.6. The first kappa shape index (κ1) is 19.7. The highest BCUT2D eigenvalue weighted by Gasteiger charge is 2.19. The zero-order chi connectivity index (χ0) is 20.1. The summed E-state index contributed by atoms with van der Waals surface area (Å²) in [4.78, 5) is 37.1. The van der Waals surface area contributed by atoms with E-state index in [1.165, 1.54) is 40.9 Å². The number of thiophene rings is 2. The van der Waals surface area contributed by atoms with Gasteiger partial charge in [-0.15, -0.1) is 22.7 Å². The van der Waals surface area contributed by atoms with Gasteiger partial charge in [0, 0.05) is 26.9 Å². The smallest absolute Gasteiger partial charge is 0.340 e. The first-order chi connectivity index (χ1) is 13.5. The van der Waals surface area contributed by atoms with Crippen molar-refractivity contribution in [2.75, 3.05) is 6.61 Å². The summed E-state index contributed by atoms with van der Waals surface area (Å²) in [6.45, 7) is 1.10. The van der Waals surface area contributed by atoms with Crippen molar-refractivity contribution < 1.29 is 19.2 Å². The number of nitro groups is 1. The Kier molecular flexibility index (Phi) is 6.13. The van der Waals surface area contributed by atoms with Gasteiger partial charge in [-0.1, -0.05) is 24.3 Å². The normalized spacial score (nSPS) is 11.2. The second-order valence-electron chi connectivity index (χ2n) is 5.81. The third-order valence-corrected chi connectivity index (χ3v) is 5.62. The van der Waals surface area contributed by atoms with Crippen LogP contribution in [0.2, 0.25) is 0 Å². The molecule has 0 bridgehead atoms. The van der Waals surface area contributed by atoms with Crippen LogP contribution < -0.4 is 0 Å². The van der Waals surface area contributed by atoms with Gasteiger partial charge in [0.05, 0.1) is 10.5 Å². The number of nitro benzene ring substituents is 1. The second kappa shape index (κ2) is 8.73. The van der Waals surface area contributed by atoms with Gasteiger partial charge in [-0.2, -0.15) is 0 Å². The zero-order valence-electron chi connectivity index (χ0n) is 14.8. The molecule has 0 spiro atoms. The SMILES string of the molecule is Cc1ccc(C(=O)COC(=O)/C(=C/c2cccs2)c2cccs2)cc1[N+](=O)[O-]. The van der Waals surface area contributed by atoms with Crippen molar-refractivity contribution in [1.29, 1.82) is 0 Å². The number of Topliss-reactive ketones (excluding diaryl/α,β-unsaturated/α-hetero) is 1. The number of esters is 1. The van der Waals surface area contributed by atoms with Crippen LogP contribution >= 0.6 is 22.7 Å². The largest absolute Gasteiger partial charge is 0.454 e. The van der Waals surface area contributed by atoms with Crippen LogP contribution in [0.1, 0.15) is 25.7 Å². The minimum Gasteiger partial charge on any atom is -0.454 e. The van der Waals surface area contributed by atoms with Gasteiger partial charge < -0.3 is 4.74 Å². The molecule has 8 heteroatoms. The van der Waals surface area contributed by atoms with Gasteiger partial charge in [-0.05, 0) is 35.9 Å². The molecule has 3 aromatic rings.